The minimum atomic E-state index is -0.214. The molecule has 1 amide bonds. The maximum Gasteiger partial charge on any atom is 0.256 e. The molecule has 2 aromatic rings. The second-order valence-electron chi connectivity index (χ2n) is 6.12. The van der Waals surface area contributed by atoms with Crippen LogP contribution in [0.5, 0.6) is 0 Å². The van der Waals surface area contributed by atoms with Crippen molar-refractivity contribution < 1.29 is 4.79 Å². The quantitative estimate of drug-likeness (QED) is 0.619. The molecule has 0 fully saturated rings. The molecule has 4 N–H and O–H groups in total. The summed E-state index contributed by atoms with van der Waals surface area (Å²) in [4.78, 5) is 18.8. The summed E-state index contributed by atoms with van der Waals surface area (Å²) in [6, 6.07) is 10.3. The molecular formula is C18H19Cl2N5O. The van der Waals surface area contributed by atoms with Gasteiger partial charge in [-0.3, -0.25) is 9.80 Å². The van der Waals surface area contributed by atoms with E-state index in [2.05, 4.69) is 4.98 Å². The van der Waals surface area contributed by atoms with E-state index in [9.17, 15) is 4.79 Å². The van der Waals surface area contributed by atoms with Crippen molar-refractivity contribution in [3.63, 3.8) is 0 Å². The van der Waals surface area contributed by atoms with Gasteiger partial charge in [0.2, 0.25) is 0 Å². The molecule has 1 aliphatic heterocycles. The van der Waals surface area contributed by atoms with Crippen molar-refractivity contribution in [2.75, 3.05) is 11.6 Å². The molecule has 0 aliphatic carbocycles. The van der Waals surface area contributed by atoms with Crippen molar-refractivity contribution in [1.29, 1.82) is 0 Å². The van der Waals surface area contributed by atoms with Crippen LogP contribution in [0.2, 0.25) is 10.0 Å². The molecule has 6 nitrogen and oxygen atoms in total. The van der Waals surface area contributed by atoms with Crippen LogP contribution in [0.25, 0.3) is 0 Å². The van der Waals surface area contributed by atoms with E-state index in [1.807, 2.05) is 19.1 Å². The van der Waals surface area contributed by atoms with Crippen LogP contribution in [-0.2, 0) is 0 Å². The average molecular weight is 392 g/mol. The highest BCUT2D eigenvalue weighted by Gasteiger charge is 2.31. The zero-order valence-corrected chi connectivity index (χ0v) is 15.7. The van der Waals surface area contributed by atoms with Crippen LogP contribution in [-0.4, -0.2) is 28.4 Å². The summed E-state index contributed by atoms with van der Waals surface area (Å²) in [5.41, 5.74) is 7.85. The number of anilines is 1. The molecule has 0 saturated carbocycles. The molecule has 8 heteroatoms. The highest BCUT2D eigenvalue weighted by Crippen LogP contribution is 2.30. The summed E-state index contributed by atoms with van der Waals surface area (Å²) in [6.45, 7) is 2.19. The van der Waals surface area contributed by atoms with E-state index < -0.39 is 0 Å². The van der Waals surface area contributed by atoms with E-state index in [1.54, 1.807) is 35.4 Å². The maximum absolute atomic E-state index is 12.9. The Balaban J connectivity index is 1.87. The highest BCUT2D eigenvalue weighted by molar-refractivity contribution is 6.43. The average Bonchev–Trinajstić information content (AvgIpc) is 2.65. The van der Waals surface area contributed by atoms with E-state index in [1.165, 1.54) is 5.01 Å². The Morgan fingerprint density at radius 3 is 2.73 bits per heavy atom. The number of rotatable bonds is 3. The number of aromatic nitrogens is 1. The number of halogens is 2. The molecule has 1 aromatic heterocycles. The van der Waals surface area contributed by atoms with E-state index >= 15 is 0 Å². The maximum atomic E-state index is 12.9. The van der Waals surface area contributed by atoms with Gasteiger partial charge in [-0.15, -0.1) is 0 Å². The summed E-state index contributed by atoms with van der Waals surface area (Å²) in [7, 11) is 0. The van der Waals surface area contributed by atoms with Crippen LogP contribution in [0.3, 0.4) is 0 Å². The monoisotopic (exact) mass is 391 g/mol. The number of hydrogen-bond acceptors (Lipinski definition) is 5. The molecule has 1 aliphatic rings. The lowest BCUT2D eigenvalue weighted by Gasteiger charge is -2.37. The van der Waals surface area contributed by atoms with Crippen LogP contribution < -0.4 is 16.6 Å². The van der Waals surface area contributed by atoms with Gasteiger partial charge < -0.3 is 10.6 Å². The van der Waals surface area contributed by atoms with Crippen molar-refractivity contribution in [3.8, 4) is 0 Å². The Morgan fingerprint density at radius 2 is 2.04 bits per heavy atom. The molecule has 2 heterocycles. The molecule has 0 bridgehead atoms. The molecule has 1 atom stereocenters. The normalized spacial score (nSPS) is 17.4. The van der Waals surface area contributed by atoms with Gasteiger partial charge in [0.25, 0.3) is 5.91 Å². The largest absolute Gasteiger partial charge is 0.399 e. The van der Waals surface area contributed by atoms with Gasteiger partial charge in [0.15, 0.2) is 0 Å². The third-order valence-electron chi connectivity index (χ3n) is 4.36. The number of hydrazine groups is 1. The number of amides is 1. The smallest absolute Gasteiger partial charge is 0.256 e. The number of carbonyl (C=O) groups is 1. The Morgan fingerprint density at radius 1 is 1.27 bits per heavy atom. The molecule has 1 aromatic carbocycles. The van der Waals surface area contributed by atoms with Crippen molar-refractivity contribution in [3.05, 3.63) is 69.6 Å². The molecule has 3 rings (SSSR count). The van der Waals surface area contributed by atoms with Crippen LogP contribution in [0.4, 0.5) is 5.82 Å². The first-order chi connectivity index (χ1) is 12.4. The first kappa shape index (κ1) is 18.5. The molecule has 1 unspecified atom stereocenters. The van der Waals surface area contributed by atoms with Crippen molar-refractivity contribution in [2.45, 2.75) is 19.4 Å². The van der Waals surface area contributed by atoms with Gasteiger partial charge in [0.05, 0.1) is 27.9 Å². The standard InChI is InChI=1S/C18H19Cl2N5O/c1-11-9-15(25(22)16-7-2-3-8-23-16)14(21)10-24(11)18(26)12-5-4-6-13(19)17(12)20/h2-8,11H,9-10,21-22H2,1H3. The first-order valence-electron chi connectivity index (χ1n) is 8.08. The van der Waals surface area contributed by atoms with Gasteiger partial charge in [-0.25, -0.2) is 10.8 Å². The summed E-state index contributed by atoms with van der Waals surface area (Å²) < 4.78 is 0. The SMILES string of the molecule is CC1CC(N(N)c2ccccn2)=C(N)CN1C(=O)c1cccc(Cl)c1Cl. The number of nitrogens with zero attached hydrogens (tertiary/aromatic N) is 3. The number of benzene rings is 1. The zero-order chi connectivity index (χ0) is 18.8. The fraction of sp³-hybridized carbons (Fsp3) is 0.222. The number of nitrogens with two attached hydrogens (primary N) is 2. The molecular weight excluding hydrogens is 373 g/mol. The lowest BCUT2D eigenvalue weighted by Crippen LogP contribution is -2.48. The number of hydrogen-bond donors (Lipinski definition) is 2. The van der Waals surface area contributed by atoms with Crippen LogP contribution in [0, 0.1) is 0 Å². The predicted octanol–water partition coefficient (Wildman–Crippen LogP) is 3.17. The number of carbonyl (C=O) groups excluding carboxylic acids is 1. The van der Waals surface area contributed by atoms with Gasteiger partial charge in [-0.05, 0) is 31.2 Å². The molecule has 0 spiro atoms. The van der Waals surface area contributed by atoms with Crippen LogP contribution in [0.1, 0.15) is 23.7 Å². The summed E-state index contributed by atoms with van der Waals surface area (Å²) in [5.74, 6) is 6.57. The molecule has 0 saturated heterocycles. The second kappa shape index (κ2) is 7.53. The predicted molar refractivity (Wildman–Crippen MR) is 104 cm³/mol. The molecule has 136 valence electrons. The van der Waals surface area contributed by atoms with Gasteiger partial charge >= 0.3 is 0 Å². The Hall–Kier alpha value is -2.28. The number of pyridine rings is 1. The fourth-order valence-electron chi connectivity index (χ4n) is 2.93. The van der Waals surface area contributed by atoms with Crippen molar-refractivity contribution in [1.82, 2.24) is 9.88 Å². The molecule has 26 heavy (non-hydrogen) atoms. The third-order valence-corrected chi connectivity index (χ3v) is 5.18. The zero-order valence-electron chi connectivity index (χ0n) is 14.2. The Bertz CT molecular complexity index is 856. The van der Waals surface area contributed by atoms with Gasteiger partial charge in [0.1, 0.15) is 5.82 Å². The fourth-order valence-corrected chi connectivity index (χ4v) is 3.32. The summed E-state index contributed by atoms with van der Waals surface area (Å²) in [6.07, 6.45) is 2.16. The summed E-state index contributed by atoms with van der Waals surface area (Å²) in [5, 5.41) is 2.06. The van der Waals surface area contributed by atoms with E-state index in [4.69, 9.17) is 34.8 Å². The van der Waals surface area contributed by atoms with Gasteiger partial charge in [0, 0.05) is 24.4 Å². The minimum absolute atomic E-state index is 0.116. The lowest BCUT2D eigenvalue weighted by atomic mass is 10.0. The second-order valence-corrected chi connectivity index (χ2v) is 6.90. The van der Waals surface area contributed by atoms with E-state index in [0.29, 0.717) is 28.5 Å². The van der Waals surface area contributed by atoms with Crippen molar-refractivity contribution >= 4 is 34.9 Å². The first-order valence-corrected chi connectivity index (χ1v) is 8.84. The molecule has 0 radical (unpaired) electrons. The highest BCUT2D eigenvalue weighted by atomic mass is 35.5. The lowest BCUT2D eigenvalue weighted by molar-refractivity contribution is 0.0695. The van der Waals surface area contributed by atoms with Crippen molar-refractivity contribution in [2.24, 2.45) is 11.6 Å². The Kier molecular flexibility index (Phi) is 5.36. The topological polar surface area (TPSA) is 88.5 Å². The van der Waals surface area contributed by atoms with Gasteiger partial charge in [-0.1, -0.05) is 35.3 Å². The minimum Gasteiger partial charge on any atom is -0.399 e. The van der Waals surface area contributed by atoms with E-state index in [0.717, 1.165) is 5.70 Å². The van der Waals surface area contributed by atoms with Crippen LogP contribution in [0.15, 0.2) is 54.0 Å². The summed E-state index contributed by atoms with van der Waals surface area (Å²) >= 11 is 12.2. The Labute approximate surface area is 162 Å². The van der Waals surface area contributed by atoms with Gasteiger partial charge in [-0.2, -0.15) is 0 Å². The van der Waals surface area contributed by atoms with E-state index in [-0.39, 0.29) is 23.5 Å². The van der Waals surface area contributed by atoms with Crippen LogP contribution >= 0.6 is 23.2 Å². The third kappa shape index (κ3) is 3.49.